The maximum absolute atomic E-state index is 5.19. The third kappa shape index (κ3) is 1.35. The minimum atomic E-state index is 0.641. The molecule has 0 fully saturated rings. The van der Waals surface area contributed by atoms with Crippen LogP contribution in [-0.2, 0) is 0 Å². The zero-order valence-corrected chi connectivity index (χ0v) is 7.84. The highest BCUT2D eigenvalue weighted by molar-refractivity contribution is 5.40. The van der Waals surface area contributed by atoms with Gasteiger partial charge in [0.25, 0.3) is 0 Å². The van der Waals surface area contributed by atoms with Crippen molar-refractivity contribution in [3.63, 3.8) is 0 Å². The lowest BCUT2D eigenvalue weighted by molar-refractivity contribution is 0.410. The zero-order chi connectivity index (χ0) is 9.97. The summed E-state index contributed by atoms with van der Waals surface area (Å²) in [5.41, 5.74) is 0. The first-order chi connectivity index (χ1) is 6.83. The van der Waals surface area contributed by atoms with E-state index in [9.17, 15) is 0 Å². The number of hydrogen-bond acceptors (Lipinski definition) is 3. The van der Waals surface area contributed by atoms with Gasteiger partial charge in [0.05, 0.1) is 7.11 Å². The van der Waals surface area contributed by atoms with Crippen LogP contribution in [0.4, 0.5) is 0 Å². The van der Waals surface area contributed by atoms with Crippen LogP contribution in [0.3, 0.4) is 0 Å². The molecular weight excluding hydrogens is 178 g/mol. The summed E-state index contributed by atoms with van der Waals surface area (Å²) >= 11 is 0. The van der Waals surface area contributed by atoms with Gasteiger partial charge in [0.15, 0.2) is 11.6 Å². The summed E-state index contributed by atoms with van der Waals surface area (Å²) in [6.07, 6.45) is 5.18. The number of imidazole rings is 1. The van der Waals surface area contributed by atoms with Gasteiger partial charge in [-0.3, -0.25) is 4.57 Å². The Balaban J connectivity index is 2.56. The average molecular weight is 188 g/mol. The van der Waals surface area contributed by atoms with Gasteiger partial charge in [-0.1, -0.05) is 0 Å². The molecule has 0 atom stereocenters. The molecule has 2 aromatic rings. The predicted octanol–water partition coefficient (Wildman–Crippen LogP) is 1.46. The van der Waals surface area contributed by atoms with Crippen molar-refractivity contribution in [2.75, 3.05) is 7.11 Å². The molecule has 0 saturated carbocycles. The van der Waals surface area contributed by atoms with Crippen LogP contribution in [0.2, 0.25) is 0 Å². The number of ether oxygens (including phenoxy) is 1. The normalized spacial score (nSPS) is 10.1. The summed E-state index contributed by atoms with van der Waals surface area (Å²) in [6.45, 7) is 3.79. The highest BCUT2D eigenvalue weighted by Crippen LogP contribution is 2.19. The third-order valence-electron chi connectivity index (χ3n) is 1.92. The highest BCUT2D eigenvalue weighted by atomic mass is 16.5. The molecule has 0 N–H and O–H groups in total. The maximum Gasteiger partial charge on any atom is 0.181 e. The molecule has 0 amide bonds. The fraction of sp³-hybridized carbons (Fsp3) is 0.100. The van der Waals surface area contributed by atoms with E-state index in [-0.39, 0.29) is 0 Å². The van der Waals surface area contributed by atoms with Crippen LogP contribution < -0.4 is 4.74 Å². The number of pyridine rings is 1. The Hall–Kier alpha value is -1.84. The summed E-state index contributed by atoms with van der Waals surface area (Å²) in [6, 6.07) is 3.67. The largest absolute Gasteiger partial charge is 0.493 e. The van der Waals surface area contributed by atoms with E-state index in [2.05, 4.69) is 16.9 Å². The second kappa shape index (κ2) is 3.49. The van der Waals surface area contributed by atoms with Gasteiger partial charge in [-0.15, -0.1) is 0 Å². The van der Waals surface area contributed by atoms with Crippen LogP contribution in [0.25, 0.3) is 5.82 Å². The van der Waals surface area contributed by atoms with Crippen LogP contribution in [0.1, 0.15) is 5.82 Å². The lowest BCUT2D eigenvalue weighted by atomic mass is 10.4. The van der Waals surface area contributed by atoms with E-state index >= 15 is 0 Å². The van der Waals surface area contributed by atoms with Gasteiger partial charge in [0, 0.05) is 25.5 Å². The fourth-order valence-electron chi connectivity index (χ4n) is 1.25. The van der Waals surface area contributed by atoms with Gasteiger partial charge in [-0.05, 0) is 12.1 Å². The van der Waals surface area contributed by atoms with Crippen molar-refractivity contribution >= 4 is 0 Å². The van der Waals surface area contributed by atoms with Crippen molar-refractivity contribution in [3.05, 3.63) is 43.5 Å². The predicted molar refractivity (Wildman–Crippen MR) is 52.4 cm³/mol. The van der Waals surface area contributed by atoms with E-state index in [1.807, 2.05) is 12.1 Å². The fourth-order valence-corrected chi connectivity index (χ4v) is 1.25. The summed E-state index contributed by atoms with van der Waals surface area (Å²) < 4.78 is 6.96. The van der Waals surface area contributed by atoms with E-state index in [4.69, 9.17) is 4.74 Å². The topological polar surface area (TPSA) is 39.9 Å². The van der Waals surface area contributed by atoms with Crippen LogP contribution >= 0.6 is 0 Å². The Morgan fingerprint density at radius 2 is 2.21 bits per heavy atom. The molecule has 4 nitrogen and oxygen atoms in total. The van der Waals surface area contributed by atoms with E-state index < -0.39 is 0 Å². The summed E-state index contributed by atoms with van der Waals surface area (Å²) in [5, 5.41) is 0. The molecule has 71 valence electrons. The van der Waals surface area contributed by atoms with Gasteiger partial charge in [0.1, 0.15) is 5.82 Å². The van der Waals surface area contributed by atoms with Crippen molar-refractivity contribution in [2.24, 2.45) is 0 Å². The lowest BCUT2D eigenvalue weighted by Crippen LogP contribution is -2.01. The SMILES string of the molecule is [CH2]c1nccn1-c1ncccc1OC. The second-order valence-corrected chi connectivity index (χ2v) is 2.74. The summed E-state index contributed by atoms with van der Waals surface area (Å²) in [4.78, 5) is 8.24. The average Bonchev–Trinajstić information content (AvgIpc) is 2.64. The summed E-state index contributed by atoms with van der Waals surface area (Å²) in [5.74, 6) is 2.05. The zero-order valence-electron chi connectivity index (χ0n) is 7.84. The van der Waals surface area contributed by atoms with Gasteiger partial charge in [-0.2, -0.15) is 0 Å². The molecule has 0 aliphatic heterocycles. The first-order valence-electron chi connectivity index (χ1n) is 4.17. The lowest BCUT2D eigenvalue weighted by Gasteiger charge is -2.08. The summed E-state index contributed by atoms with van der Waals surface area (Å²) in [7, 11) is 1.61. The van der Waals surface area contributed by atoms with Gasteiger partial charge < -0.3 is 4.74 Å². The minimum Gasteiger partial charge on any atom is -0.493 e. The third-order valence-corrected chi connectivity index (χ3v) is 1.92. The molecule has 2 rings (SSSR count). The van der Waals surface area contributed by atoms with Crippen molar-refractivity contribution in [1.29, 1.82) is 0 Å². The molecule has 0 unspecified atom stereocenters. The Labute approximate surface area is 82.2 Å². The van der Waals surface area contributed by atoms with E-state index in [0.29, 0.717) is 17.4 Å². The molecule has 2 heterocycles. The van der Waals surface area contributed by atoms with Gasteiger partial charge >= 0.3 is 0 Å². The van der Waals surface area contributed by atoms with E-state index in [0.717, 1.165) is 0 Å². The molecule has 0 aliphatic rings. The maximum atomic E-state index is 5.19. The van der Waals surface area contributed by atoms with Gasteiger partial charge in [-0.25, -0.2) is 9.97 Å². The number of aromatic nitrogens is 3. The van der Waals surface area contributed by atoms with Crippen LogP contribution in [0.5, 0.6) is 5.75 Å². The van der Waals surface area contributed by atoms with Crippen LogP contribution in [0.15, 0.2) is 30.7 Å². The Morgan fingerprint density at radius 1 is 1.36 bits per heavy atom. The molecule has 0 aliphatic carbocycles. The van der Waals surface area contributed by atoms with Gasteiger partial charge in [0.2, 0.25) is 0 Å². The molecule has 0 saturated heterocycles. The van der Waals surface area contributed by atoms with E-state index in [1.54, 1.807) is 30.3 Å². The first kappa shape index (κ1) is 8.74. The van der Waals surface area contributed by atoms with Crippen molar-refractivity contribution in [2.45, 2.75) is 0 Å². The Bertz CT molecular complexity index is 436. The Morgan fingerprint density at radius 3 is 2.86 bits per heavy atom. The second-order valence-electron chi connectivity index (χ2n) is 2.74. The number of rotatable bonds is 2. The van der Waals surface area contributed by atoms with E-state index in [1.165, 1.54) is 0 Å². The van der Waals surface area contributed by atoms with Crippen molar-refractivity contribution in [1.82, 2.24) is 14.5 Å². The quantitative estimate of drug-likeness (QED) is 0.716. The van der Waals surface area contributed by atoms with Crippen molar-refractivity contribution < 1.29 is 4.74 Å². The number of methoxy groups -OCH3 is 1. The molecule has 2 aromatic heterocycles. The Kier molecular flexibility index (Phi) is 2.18. The van der Waals surface area contributed by atoms with Crippen molar-refractivity contribution in [3.8, 4) is 11.6 Å². The molecular formula is C10H10N3O. The standard InChI is InChI=1S/C10H10N3O/c1-8-11-6-7-13(8)10-9(14-2)4-3-5-12-10/h3-7H,1H2,2H3. The molecule has 1 radical (unpaired) electrons. The molecule has 0 bridgehead atoms. The monoisotopic (exact) mass is 188 g/mol. The minimum absolute atomic E-state index is 0.641. The molecule has 0 spiro atoms. The molecule has 14 heavy (non-hydrogen) atoms. The van der Waals surface area contributed by atoms with Crippen LogP contribution in [0, 0.1) is 6.92 Å². The highest BCUT2D eigenvalue weighted by Gasteiger charge is 2.07. The molecule has 4 heteroatoms. The number of nitrogens with zero attached hydrogens (tertiary/aromatic N) is 3. The smallest absolute Gasteiger partial charge is 0.181 e. The van der Waals surface area contributed by atoms with Crippen LogP contribution in [-0.4, -0.2) is 21.6 Å². The molecule has 0 aromatic carbocycles. The first-order valence-corrected chi connectivity index (χ1v) is 4.17. The number of hydrogen-bond donors (Lipinski definition) is 0.